The number of nitrogens with zero attached hydrogens (tertiary/aromatic N) is 5. The van der Waals surface area contributed by atoms with Crippen LogP contribution in [0.15, 0.2) is 12.7 Å². The van der Waals surface area contributed by atoms with Gasteiger partial charge in [0, 0.05) is 6.42 Å². The Balaban J connectivity index is 0.000000326. The van der Waals surface area contributed by atoms with Crippen LogP contribution in [0, 0.1) is 0 Å². The average Bonchev–Trinajstić information content (AvgIpc) is 3.44. The van der Waals surface area contributed by atoms with Crippen molar-refractivity contribution in [2.24, 2.45) is 5.73 Å². The van der Waals surface area contributed by atoms with Gasteiger partial charge in [0.1, 0.15) is 36.2 Å². The predicted octanol–water partition coefficient (Wildman–Crippen LogP) is -1.43. The fourth-order valence-corrected chi connectivity index (χ4v) is 4.42. The van der Waals surface area contributed by atoms with E-state index in [0.29, 0.717) is 24.0 Å². The first kappa shape index (κ1) is 35.1. The molecule has 19 heteroatoms. The number of aliphatic hydroxyl groups is 3. The van der Waals surface area contributed by atoms with Crippen LogP contribution in [0.4, 0.5) is 5.82 Å². The lowest BCUT2D eigenvalue weighted by Gasteiger charge is -2.16. The summed E-state index contributed by atoms with van der Waals surface area (Å²) in [5.74, 6) is -0.0580. The van der Waals surface area contributed by atoms with Crippen molar-refractivity contribution in [3.05, 3.63) is 12.7 Å². The van der Waals surface area contributed by atoms with Crippen molar-refractivity contribution in [3.8, 4) is 0 Å². The summed E-state index contributed by atoms with van der Waals surface area (Å²) < 4.78 is 7.76. The number of aliphatic hydroxyl groups excluding tert-OH is 3. The lowest BCUT2D eigenvalue weighted by atomic mass is 10.1. The normalized spacial score (nSPS) is 21.7. The van der Waals surface area contributed by atoms with Gasteiger partial charge in [0.15, 0.2) is 17.7 Å². The van der Waals surface area contributed by atoms with E-state index in [-0.39, 0.29) is 5.82 Å². The van der Waals surface area contributed by atoms with Crippen LogP contribution in [0.25, 0.3) is 11.2 Å². The van der Waals surface area contributed by atoms with Gasteiger partial charge in [-0.15, -0.1) is 0 Å². The van der Waals surface area contributed by atoms with Crippen molar-refractivity contribution in [2.75, 3.05) is 36.4 Å². The van der Waals surface area contributed by atoms with E-state index in [4.69, 9.17) is 31.5 Å². The Morgan fingerprint density at radius 2 is 1.77 bits per heavy atom. The van der Waals surface area contributed by atoms with Gasteiger partial charge in [-0.3, -0.25) is 9.36 Å². The molecule has 1 aliphatic heterocycles. The Morgan fingerprint density at radius 1 is 1.15 bits per heavy atom. The van der Waals surface area contributed by atoms with Crippen molar-refractivity contribution in [1.82, 2.24) is 19.5 Å². The molecular weight excluding hydrogens is 595 g/mol. The Labute approximate surface area is 244 Å². The van der Waals surface area contributed by atoms with Gasteiger partial charge in [-0.05, 0) is 30.4 Å². The first-order valence-electron chi connectivity index (χ1n) is 11.3. The summed E-state index contributed by atoms with van der Waals surface area (Å²) >= 11 is 12.3. The Morgan fingerprint density at radius 3 is 2.26 bits per heavy atom. The first-order valence-corrected chi connectivity index (χ1v) is 14.8. The maximum atomic E-state index is 10.5. The molecule has 0 radical (unpaired) electrons. The van der Waals surface area contributed by atoms with Crippen molar-refractivity contribution in [1.29, 1.82) is 0 Å². The molecule has 0 amide bonds. The molecule has 6 atom stereocenters. The molecule has 1 aliphatic rings. The molecule has 39 heavy (non-hydrogen) atoms. The number of carboxylic acid groups (broad SMARTS) is 2. The minimum Gasteiger partial charge on any atom is -0.480 e. The van der Waals surface area contributed by atoms with Crippen LogP contribution in [0.5, 0.6) is 0 Å². The van der Waals surface area contributed by atoms with Gasteiger partial charge in [-0.1, -0.05) is 25.2 Å². The quantitative estimate of drug-likeness (QED) is 0.111. The summed E-state index contributed by atoms with van der Waals surface area (Å²) in [5.41, 5.74) is 11.6. The molecule has 9 N–H and O–H groups in total. The average molecular weight is 628 g/mol. The molecule has 1 saturated heterocycles. The fraction of sp³-hybridized carbons (Fsp3) is 0.650. The summed E-state index contributed by atoms with van der Waals surface area (Å²) in [6.07, 6.45) is 3.47. The molecular formula is C20H33N7O8S4. The number of nitrogens with two attached hydrogens (primary N) is 2. The number of aromatic nitrogens is 4. The molecule has 2 aromatic rings. The number of ether oxygens (including phenoxy) is 1. The monoisotopic (exact) mass is 627 g/mol. The third kappa shape index (κ3) is 10.5. The van der Waals surface area contributed by atoms with E-state index in [1.165, 1.54) is 17.2 Å². The third-order valence-corrected chi connectivity index (χ3v) is 7.06. The number of thioether (sulfide) groups is 2. The number of aliphatic carboxylic acids is 2. The lowest BCUT2D eigenvalue weighted by Crippen LogP contribution is -2.33. The van der Waals surface area contributed by atoms with E-state index in [0.717, 1.165) is 14.9 Å². The molecule has 15 nitrogen and oxygen atoms in total. The molecule has 0 saturated carbocycles. The minimum absolute atomic E-state index is 0.218. The molecule has 3 heterocycles. The number of anilines is 1. The largest absolute Gasteiger partial charge is 0.480 e. The number of rotatable bonds is 11. The third-order valence-electron chi connectivity index (χ3n) is 5.26. The second-order valence-corrected chi connectivity index (χ2v) is 10.9. The molecule has 0 bridgehead atoms. The van der Waals surface area contributed by atoms with Crippen molar-refractivity contribution < 1.29 is 43.2 Å². The number of imidazole rings is 1. The highest BCUT2D eigenvalue weighted by atomic mass is 32.2. The van der Waals surface area contributed by atoms with Crippen LogP contribution in [-0.4, -0.2) is 121 Å². The number of nitrogen functional groups attached to an aromatic ring is 1. The van der Waals surface area contributed by atoms with Crippen molar-refractivity contribution >= 4 is 77.7 Å². The van der Waals surface area contributed by atoms with Crippen LogP contribution < -0.4 is 11.5 Å². The topological polar surface area (TPSA) is 243 Å². The maximum Gasteiger partial charge on any atom is 0.372 e. The van der Waals surface area contributed by atoms with Crippen LogP contribution in [0.1, 0.15) is 19.1 Å². The van der Waals surface area contributed by atoms with Crippen LogP contribution >= 0.6 is 23.5 Å². The fourth-order valence-electron chi connectivity index (χ4n) is 3.08. The Bertz CT molecular complexity index is 1070. The molecule has 3 rings (SSSR count). The van der Waals surface area contributed by atoms with E-state index in [9.17, 15) is 19.8 Å². The molecule has 1 fully saturated rings. The molecule has 0 spiro atoms. The van der Waals surface area contributed by atoms with Crippen LogP contribution in [0.2, 0.25) is 0 Å². The zero-order chi connectivity index (χ0) is 29.7. The summed E-state index contributed by atoms with van der Waals surface area (Å²) in [6.45, 7) is -0.390. The summed E-state index contributed by atoms with van der Waals surface area (Å²) in [4.78, 5) is 32.4. The summed E-state index contributed by atoms with van der Waals surface area (Å²) in [6, 6.07) is -1.38. The van der Waals surface area contributed by atoms with Crippen molar-refractivity contribution in [3.63, 3.8) is 0 Å². The van der Waals surface area contributed by atoms with Gasteiger partial charge in [0.05, 0.1) is 12.9 Å². The van der Waals surface area contributed by atoms with Crippen molar-refractivity contribution in [2.45, 2.75) is 49.5 Å². The van der Waals surface area contributed by atoms with Crippen LogP contribution in [0.3, 0.4) is 0 Å². The second-order valence-electron chi connectivity index (χ2n) is 7.96. The Hall–Kier alpha value is -1.97. The molecule has 0 aliphatic carbocycles. The number of fused-ring (bicyclic) bond motifs is 1. The zero-order valence-electron chi connectivity index (χ0n) is 21.1. The predicted molar refractivity (Wildman–Crippen MR) is 151 cm³/mol. The van der Waals surface area contributed by atoms with E-state index in [1.807, 2.05) is 12.5 Å². The molecule has 2 aromatic heterocycles. The highest BCUT2D eigenvalue weighted by Gasteiger charge is 2.44. The van der Waals surface area contributed by atoms with Gasteiger partial charge < -0.3 is 41.7 Å². The molecule has 2 unspecified atom stereocenters. The van der Waals surface area contributed by atoms with E-state index >= 15 is 0 Å². The van der Waals surface area contributed by atoms with Crippen LogP contribution in [-0.2, 0) is 39.6 Å². The number of hydrogen-bond donors (Lipinski definition) is 7. The van der Waals surface area contributed by atoms with Gasteiger partial charge in [-0.2, -0.15) is 23.5 Å². The van der Waals surface area contributed by atoms with E-state index < -0.39 is 55.2 Å². The SMILES string of the molecule is CSCCC(C(=O)O)[N+](=S)[S-].CSCCC(N)C(=O)O.Nc1ncnc2c1ncn2[C@@H]1O[C@H](CO)[C@@H](O)[C@H]1O. The van der Waals surface area contributed by atoms with Gasteiger partial charge in [-0.25, -0.2) is 23.1 Å². The summed E-state index contributed by atoms with van der Waals surface area (Å²) in [5, 5.41) is 45.6. The summed E-state index contributed by atoms with van der Waals surface area (Å²) in [7, 11) is 0. The Kier molecular flexibility index (Phi) is 15.9. The lowest BCUT2D eigenvalue weighted by molar-refractivity contribution is -0.356. The van der Waals surface area contributed by atoms with E-state index in [1.54, 1.807) is 23.5 Å². The standard InChI is InChI=1S/C10H13N5O4.C5H9NO2S3.C5H11NO2S/c11-8-5-9(13-2-12-8)15(3-14-5)10-7(18)6(17)4(1-16)19-10;1-11-3-2-4(5(7)8)6(9)10;1-9-3-2-4(6)5(7)8/h2-4,6-7,10,16-18H,1H2,(H2,11,12,13);4H,2-3H2,1H3,(H,7,8);4H,2-3,6H2,1H3,(H,7,8)/t4-,6-,7-,10-;;/m1../s1. The minimum atomic E-state index is -1.19. The second kappa shape index (κ2) is 17.7. The maximum absolute atomic E-state index is 10.5. The smallest absolute Gasteiger partial charge is 0.372 e. The number of carboxylic acids is 2. The number of hydrogen-bond acceptors (Lipinski definition) is 15. The number of carbonyl (C=O) groups is 2. The molecule has 0 aromatic carbocycles. The van der Waals surface area contributed by atoms with Gasteiger partial charge >= 0.3 is 11.9 Å². The zero-order valence-corrected chi connectivity index (χ0v) is 24.4. The van der Waals surface area contributed by atoms with Gasteiger partial charge in [0.25, 0.3) is 0 Å². The highest BCUT2D eigenvalue weighted by molar-refractivity contribution is 7.98. The highest BCUT2D eigenvalue weighted by Crippen LogP contribution is 2.31. The molecule has 220 valence electrons. The van der Waals surface area contributed by atoms with E-state index in [2.05, 4.69) is 40.2 Å². The van der Waals surface area contributed by atoms with Gasteiger partial charge in [0.2, 0.25) is 6.04 Å². The first-order chi connectivity index (χ1) is 18.4.